The summed E-state index contributed by atoms with van der Waals surface area (Å²) in [5, 5.41) is 0. The maximum absolute atomic E-state index is 12.5. The first-order chi connectivity index (χ1) is 11.5. The van der Waals surface area contributed by atoms with E-state index in [-0.39, 0.29) is 24.0 Å². The lowest BCUT2D eigenvalue weighted by atomic mass is 10.1. The van der Waals surface area contributed by atoms with Crippen LogP contribution < -0.4 is 10.3 Å². The molecule has 1 unspecified atom stereocenters. The number of nitrogens with zero attached hydrogens (tertiary/aromatic N) is 2. The summed E-state index contributed by atoms with van der Waals surface area (Å²) in [4.78, 5) is 33.2. The molecule has 2 aromatic rings. The Hall–Kier alpha value is -2.63. The normalized spacial score (nSPS) is 17.1. The quantitative estimate of drug-likeness (QED) is 0.926. The number of carbonyl (C=O) groups is 1. The fraction of sp³-hybridized carbons (Fsp3) is 0.389. The van der Waals surface area contributed by atoms with Gasteiger partial charge in [0.2, 0.25) is 5.91 Å². The second-order valence-corrected chi connectivity index (χ2v) is 6.07. The molecule has 126 valence electrons. The van der Waals surface area contributed by atoms with E-state index >= 15 is 0 Å². The fourth-order valence-electron chi connectivity index (χ4n) is 2.96. The third kappa shape index (κ3) is 3.64. The Bertz CT molecular complexity index is 786. The van der Waals surface area contributed by atoms with Gasteiger partial charge < -0.3 is 14.6 Å². The third-order valence-electron chi connectivity index (χ3n) is 4.21. The van der Waals surface area contributed by atoms with Gasteiger partial charge >= 0.3 is 0 Å². The van der Waals surface area contributed by atoms with Gasteiger partial charge in [-0.2, -0.15) is 0 Å². The maximum Gasteiger partial charge on any atom is 0.254 e. The van der Waals surface area contributed by atoms with Crippen molar-refractivity contribution < 1.29 is 9.53 Å². The average Bonchev–Trinajstić information content (AvgIpc) is 3.00. The van der Waals surface area contributed by atoms with Crippen LogP contribution in [0.1, 0.15) is 23.5 Å². The number of aryl methyl sites for hydroxylation is 2. The zero-order chi connectivity index (χ0) is 17.1. The van der Waals surface area contributed by atoms with Crippen molar-refractivity contribution >= 4 is 5.91 Å². The number of aromatic amines is 1. The molecule has 0 saturated carbocycles. The highest BCUT2D eigenvalue weighted by molar-refractivity contribution is 5.79. The van der Waals surface area contributed by atoms with Crippen molar-refractivity contribution in [1.82, 2.24) is 14.9 Å². The molecule has 1 aromatic heterocycles. The fourth-order valence-corrected chi connectivity index (χ4v) is 2.96. The number of H-pyrrole nitrogens is 1. The topological polar surface area (TPSA) is 75.3 Å². The average molecular weight is 327 g/mol. The maximum atomic E-state index is 12.5. The molecule has 0 aliphatic carbocycles. The van der Waals surface area contributed by atoms with E-state index in [2.05, 4.69) is 9.97 Å². The lowest BCUT2D eigenvalue weighted by Crippen LogP contribution is -2.34. The number of hydrogen-bond donors (Lipinski definition) is 1. The van der Waals surface area contributed by atoms with Crippen LogP contribution in [0, 0.1) is 13.8 Å². The molecule has 0 radical (unpaired) electrons. The number of amides is 1. The highest BCUT2D eigenvalue weighted by Crippen LogP contribution is 2.18. The molecule has 1 aliphatic heterocycles. The molecule has 1 aromatic carbocycles. The van der Waals surface area contributed by atoms with Gasteiger partial charge in [-0.25, -0.2) is 4.98 Å². The molecule has 1 atom stereocenters. The van der Waals surface area contributed by atoms with Crippen LogP contribution >= 0.6 is 0 Å². The van der Waals surface area contributed by atoms with E-state index in [1.807, 2.05) is 30.3 Å². The molecule has 1 fully saturated rings. The Labute approximate surface area is 140 Å². The first-order valence-electron chi connectivity index (χ1n) is 8.09. The molecule has 0 spiro atoms. The van der Waals surface area contributed by atoms with Gasteiger partial charge in [0.25, 0.3) is 5.56 Å². The number of likely N-dealkylation sites (tertiary alicyclic amines) is 1. The molecule has 6 nitrogen and oxygen atoms in total. The van der Waals surface area contributed by atoms with E-state index in [0.717, 1.165) is 12.2 Å². The number of nitrogens with one attached hydrogen (secondary N) is 1. The molecule has 3 rings (SSSR count). The van der Waals surface area contributed by atoms with Crippen molar-refractivity contribution in [2.75, 3.05) is 13.1 Å². The standard InChI is InChI=1S/C18H21N3O3/c1-12-16(18(23)20-13(2)19-12)10-17(22)21-9-8-15(11-21)24-14-6-4-3-5-7-14/h3-7,15H,8-11H2,1-2H3,(H,19,20,23). The van der Waals surface area contributed by atoms with Crippen molar-refractivity contribution in [3.63, 3.8) is 0 Å². The molecule has 1 aliphatic rings. The number of aromatic nitrogens is 2. The summed E-state index contributed by atoms with van der Waals surface area (Å²) in [6.45, 7) is 4.68. The number of rotatable bonds is 4. The first kappa shape index (κ1) is 16.2. The van der Waals surface area contributed by atoms with E-state index in [4.69, 9.17) is 4.74 Å². The minimum Gasteiger partial charge on any atom is -0.489 e. The van der Waals surface area contributed by atoms with Crippen molar-refractivity contribution in [3.05, 3.63) is 57.8 Å². The molecule has 2 heterocycles. The van der Waals surface area contributed by atoms with Crippen molar-refractivity contribution in [2.24, 2.45) is 0 Å². The van der Waals surface area contributed by atoms with Crippen molar-refractivity contribution in [1.29, 1.82) is 0 Å². The van der Waals surface area contributed by atoms with Gasteiger partial charge in [-0.05, 0) is 26.0 Å². The van der Waals surface area contributed by atoms with Crippen LogP contribution in [0.2, 0.25) is 0 Å². The van der Waals surface area contributed by atoms with E-state index in [1.165, 1.54) is 0 Å². The summed E-state index contributed by atoms with van der Waals surface area (Å²) >= 11 is 0. The molecule has 24 heavy (non-hydrogen) atoms. The Morgan fingerprint density at radius 2 is 2.08 bits per heavy atom. The monoisotopic (exact) mass is 327 g/mol. The molecular weight excluding hydrogens is 306 g/mol. The summed E-state index contributed by atoms with van der Waals surface area (Å²) in [5.41, 5.74) is 0.823. The zero-order valence-corrected chi connectivity index (χ0v) is 13.9. The predicted octanol–water partition coefficient (Wildman–Crippen LogP) is 1.61. The number of benzene rings is 1. The molecular formula is C18H21N3O3. The Balaban J connectivity index is 1.62. The van der Waals surface area contributed by atoms with E-state index in [0.29, 0.717) is 30.2 Å². The smallest absolute Gasteiger partial charge is 0.254 e. The van der Waals surface area contributed by atoms with E-state index in [1.54, 1.807) is 18.7 Å². The SMILES string of the molecule is Cc1nc(C)c(CC(=O)N2CCC(Oc3ccccc3)C2)c(=O)[nH]1. The highest BCUT2D eigenvalue weighted by atomic mass is 16.5. The van der Waals surface area contributed by atoms with Gasteiger partial charge in [0.05, 0.1) is 13.0 Å². The van der Waals surface area contributed by atoms with E-state index in [9.17, 15) is 9.59 Å². The Kier molecular flexibility index (Phi) is 4.64. The number of hydrogen-bond acceptors (Lipinski definition) is 4. The molecule has 1 N–H and O–H groups in total. The van der Waals surface area contributed by atoms with Gasteiger partial charge in [-0.3, -0.25) is 9.59 Å². The molecule has 6 heteroatoms. The Morgan fingerprint density at radius 1 is 1.33 bits per heavy atom. The van der Waals surface area contributed by atoms with Gasteiger partial charge in [-0.15, -0.1) is 0 Å². The minimum atomic E-state index is -0.232. The second-order valence-electron chi connectivity index (χ2n) is 6.07. The third-order valence-corrected chi connectivity index (χ3v) is 4.21. The minimum absolute atomic E-state index is 0.00752. The van der Waals surface area contributed by atoms with Gasteiger partial charge in [0, 0.05) is 24.2 Å². The number of para-hydroxylation sites is 1. The van der Waals surface area contributed by atoms with Crippen LogP contribution in [-0.2, 0) is 11.2 Å². The summed E-state index contributed by atoms with van der Waals surface area (Å²) in [6.07, 6.45) is 0.862. The van der Waals surface area contributed by atoms with Gasteiger partial charge in [0.15, 0.2) is 0 Å². The lowest BCUT2D eigenvalue weighted by molar-refractivity contribution is -0.129. The number of ether oxygens (including phenoxy) is 1. The van der Waals surface area contributed by atoms with Crippen LogP contribution in [0.3, 0.4) is 0 Å². The summed E-state index contributed by atoms with van der Waals surface area (Å²) < 4.78 is 5.89. The zero-order valence-electron chi connectivity index (χ0n) is 13.9. The summed E-state index contributed by atoms with van der Waals surface area (Å²) in [5.74, 6) is 1.31. The molecule has 1 saturated heterocycles. The molecule has 0 bridgehead atoms. The predicted molar refractivity (Wildman–Crippen MR) is 90.1 cm³/mol. The van der Waals surface area contributed by atoms with E-state index < -0.39 is 0 Å². The highest BCUT2D eigenvalue weighted by Gasteiger charge is 2.28. The number of carbonyl (C=O) groups excluding carboxylic acids is 1. The van der Waals surface area contributed by atoms with Gasteiger partial charge in [0.1, 0.15) is 17.7 Å². The second kappa shape index (κ2) is 6.86. The van der Waals surface area contributed by atoms with Crippen LogP contribution in [-0.4, -0.2) is 40.0 Å². The van der Waals surface area contributed by atoms with Gasteiger partial charge in [-0.1, -0.05) is 18.2 Å². The lowest BCUT2D eigenvalue weighted by Gasteiger charge is -2.17. The summed E-state index contributed by atoms with van der Waals surface area (Å²) in [6, 6.07) is 9.60. The van der Waals surface area contributed by atoms with Crippen molar-refractivity contribution in [3.8, 4) is 5.75 Å². The van der Waals surface area contributed by atoms with Crippen LogP contribution in [0.15, 0.2) is 35.1 Å². The Morgan fingerprint density at radius 3 is 2.79 bits per heavy atom. The largest absolute Gasteiger partial charge is 0.489 e. The van der Waals surface area contributed by atoms with Crippen LogP contribution in [0.5, 0.6) is 5.75 Å². The van der Waals surface area contributed by atoms with Crippen LogP contribution in [0.4, 0.5) is 0 Å². The van der Waals surface area contributed by atoms with Crippen LogP contribution in [0.25, 0.3) is 0 Å². The van der Waals surface area contributed by atoms with Crippen molar-refractivity contribution in [2.45, 2.75) is 32.8 Å². The molecule has 1 amide bonds. The first-order valence-corrected chi connectivity index (χ1v) is 8.09. The summed E-state index contributed by atoms with van der Waals surface area (Å²) in [7, 11) is 0.